The van der Waals surface area contributed by atoms with E-state index in [4.69, 9.17) is 0 Å². The highest BCUT2D eigenvalue weighted by atomic mass is 16.1. The maximum absolute atomic E-state index is 11.3. The van der Waals surface area contributed by atoms with Crippen LogP contribution in [0.15, 0.2) is 12.1 Å². The van der Waals surface area contributed by atoms with Gasteiger partial charge in [0.05, 0.1) is 0 Å². The zero-order valence-electron chi connectivity index (χ0n) is 9.64. The van der Waals surface area contributed by atoms with Crippen molar-refractivity contribution in [1.82, 2.24) is 0 Å². The molecule has 1 heteroatoms. The summed E-state index contributed by atoms with van der Waals surface area (Å²) >= 11 is 0. The number of hydrogen-bond donors (Lipinski definition) is 0. The van der Waals surface area contributed by atoms with E-state index in [1.807, 2.05) is 6.92 Å². The van der Waals surface area contributed by atoms with Gasteiger partial charge in [0.2, 0.25) is 0 Å². The Morgan fingerprint density at radius 1 is 1.14 bits per heavy atom. The van der Waals surface area contributed by atoms with Crippen LogP contribution in [0.3, 0.4) is 0 Å². The van der Waals surface area contributed by atoms with Gasteiger partial charge in [-0.3, -0.25) is 4.79 Å². The molecule has 0 aliphatic heterocycles. The van der Waals surface area contributed by atoms with Crippen molar-refractivity contribution in [2.45, 2.75) is 40.5 Å². The molecule has 1 atom stereocenters. The molecule has 0 saturated heterocycles. The van der Waals surface area contributed by atoms with Gasteiger partial charge in [-0.1, -0.05) is 24.6 Å². The summed E-state index contributed by atoms with van der Waals surface area (Å²) < 4.78 is 0. The average molecular weight is 190 g/mol. The van der Waals surface area contributed by atoms with Crippen LogP contribution in [-0.2, 0) is 4.79 Å². The van der Waals surface area contributed by atoms with Gasteiger partial charge in [0.1, 0.15) is 5.78 Å². The zero-order chi connectivity index (χ0) is 10.9. The molecule has 0 saturated carbocycles. The van der Waals surface area contributed by atoms with Gasteiger partial charge in [0.15, 0.2) is 0 Å². The molecular weight excluding hydrogens is 172 g/mol. The van der Waals surface area contributed by atoms with Crippen molar-refractivity contribution in [1.29, 1.82) is 0 Å². The summed E-state index contributed by atoms with van der Waals surface area (Å²) in [4.78, 5) is 11.3. The molecule has 1 aromatic rings. The molecule has 1 aromatic carbocycles. The minimum atomic E-state index is 0.0237. The minimum Gasteiger partial charge on any atom is -0.299 e. The Morgan fingerprint density at radius 3 is 1.93 bits per heavy atom. The molecule has 0 N–H and O–H groups in total. The number of aryl methyl sites for hydroxylation is 3. The Kier molecular flexibility index (Phi) is 3.10. The highest BCUT2D eigenvalue weighted by Gasteiger charge is 2.15. The molecule has 1 rings (SSSR count). The van der Waals surface area contributed by atoms with E-state index in [1.165, 1.54) is 22.3 Å². The van der Waals surface area contributed by atoms with Gasteiger partial charge in [-0.05, 0) is 44.4 Å². The molecule has 0 bridgehead atoms. The molecule has 76 valence electrons. The zero-order valence-corrected chi connectivity index (χ0v) is 9.64. The lowest BCUT2D eigenvalue weighted by Gasteiger charge is -2.15. The summed E-state index contributed by atoms with van der Waals surface area (Å²) in [6, 6.07) is 4.28. The first kappa shape index (κ1) is 11.0. The van der Waals surface area contributed by atoms with Gasteiger partial charge in [-0.25, -0.2) is 0 Å². The second-order valence-electron chi connectivity index (χ2n) is 4.14. The number of Topliss-reactive ketones (excluding diaryl/α,β-unsaturated/α-hetero) is 1. The van der Waals surface area contributed by atoms with E-state index in [9.17, 15) is 4.79 Å². The quantitative estimate of drug-likeness (QED) is 0.699. The van der Waals surface area contributed by atoms with Gasteiger partial charge >= 0.3 is 0 Å². The number of ketones is 1. The lowest BCUT2D eigenvalue weighted by Crippen LogP contribution is -2.08. The van der Waals surface area contributed by atoms with Gasteiger partial charge in [-0.2, -0.15) is 0 Å². The molecule has 0 amide bonds. The summed E-state index contributed by atoms with van der Waals surface area (Å²) in [5.74, 6) is 0.260. The minimum absolute atomic E-state index is 0.0237. The van der Waals surface area contributed by atoms with Crippen LogP contribution in [0.4, 0.5) is 0 Å². The van der Waals surface area contributed by atoms with Crippen LogP contribution in [-0.4, -0.2) is 5.78 Å². The highest BCUT2D eigenvalue weighted by molar-refractivity contribution is 5.83. The molecule has 0 radical (unpaired) electrons. The van der Waals surface area contributed by atoms with Crippen LogP contribution in [0.25, 0.3) is 0 Å². The number of carbonyl (C=O) groups excluding carboxylic acids is 1. The van der Waals surface area contributed by atoms with Crippen LogP contribution in [0, 0.1) is 20.8 Å². The smallest absolute Gasteiger partial charge is 0.137 e. The van der Waals surface area contributed by atoms with Crippen LogP contribution in [0.5, 0.6) is 0 Å². The standard InChI is InChI=1S/C13H18O/c1-8-6-9(2)13(10(3)7-8)11(4)12(5)14/h6-7,11H,1-5H3. The van der Waals surface area contributed by atoms with E-state index in [0.717, 1.165) is 0 Å². The normalized spacial score (nSPS) is 12.6. The van der Waals surface area contributed by atoms with Crippen molar-refractivity contribution < 1.29 is 4.79 Å². The molecule has 0 fully saturated rings. The molecule has 14 heavy (non-hydrogen) atoms. The number of rotatable bonds is 2. The highest BCUT2D eigenvalue weighted by Crippen LogP contribution is 2.25. The van der Waals surface area contributed by atoms with Crippen LogP contribution in [0.2, 0.25) is 0 Å². The van der Waals surface area contributed by atoms with Crippen molar-refractivity contribution in [3.63, 3.8) is 0 Å². The van der Waals surface area contributed by atoms with Crippen molar-refractivity contribution >= 4 is 5.78 Å². The number of hydrogen-bond acceptors (Lipinski definition) is 1. The summed E-state index contributed by atoms with van der Waals surface area (Å²) in [7, 11) is 0. The topological polar surface area (TPSA) is 17.1 Å². The molecule has 0 heterocycles. The van der Waals surface area contributed by atoms with Crippen LogP contribution < -0.4 is 0 Å². The lowest BCUT2D eigenvalue weighted by atomic mass is 9.88. The van der Waals surface area contributed by atoms with Gasteiger partial charge < -0.3 is 0 Å². The summed E-state index contributed by atoms with van der Waals surface area (Å²) in [6.45, 7) is 9.88. The SMILES string of the molecule is CC(=O)C(C)c1c(C)cc(C)cc1C. The first-order valence-electron chi connectivity index (χ1n) is 5.01. The second-order valence-corrected chi connectivity index (χ2v) is 4.14. The first-order valence-corrected chi connectivity index (χ1v) is 5.01. The summed E-state index contributed by atoms with van der Waals surface area (Å²) in [6.07, 6.45) is 0. The van der Waals surface area contributed by atoms with Gasteiger partial charge in [0.25, 0.3) is 0 Å². The number of benzene rings is 1. The van der Waals surface area contributed by atoms with E-state index in [0.29, 0.717) is 0 Å². The molecule has 0 aromatic heterocycles. The molecule has 0 spiro atoms. The van der Waals surface area contributed by atoms with Crippen molar-refractivity contribution in [2.24, 2.45) is 0 Å². The monoisotopic (exact) mass is 190 g/mol. The fourth-order valence-corrected chi connectivity index (χ4v) is 2.08. The molecular formula is C13H18O. The van der Waals surface area contributed by atoms with Crippen molar-refractivity contribution in [3.8, 4) is 0 Å². The number of carbonyl (C=O) groups is 1. The molecule has 0 aliphatic carbocycles. The largest absolute Gasteiger partial charge is 0.299 e. The Hall–Kier alpha value is -1.11. The van der Waals surface area contributed by atoms with E-state index in [1.54, 1.807) is 6.92 Å². The summed E-state index contributed by atoms with van der Waals surface area (Å²) in [5, 5.41) is 0. The maximum Gasteiger partial charge on any atom is 0.137 e. The molecule has 0 aliphatic rings. The van der Waals surface area contributed by atoms with Gasteiger partial charge in [0, 0.05) is 5.92 Å². The lowest BCUT2D eigenvalue weighted by molar-refractivity contribution is -0.118. The van der Waals surface area contributed by atoms with E-state index in [2.05, 4.69) is 32.9 Å². The molecule has 1 unspecified atom stereocenters. The predicted molar refractivity (Wildman–Crippen MR) is 59.7 cm³/mol. The molecule has 1 nitrogen and oxygen atoms in total. The fourth-order valence-electron chi connectivity index (χ4n) is 2.08. The third-order valence-corrected chi connectivity index (χ3v) is 2.78. The van der Waals surface area contributed by atoms with E-state index >= 15 is 0 Å². The third kappa shape index (κ3) is 2.03. The van der Waals surface area contributed by atoms with E-state index < -0.39 is 0 Å². The predicted octanol–water partition coefficient (Wildman–Crippen LogP) is 3.30. The second kappa shape index (κ2) is 3.95. The Bertz CT molecular complexity index is 340. The Labute approximate surface area is 86.1 Å². The fraction of sp³-hybridized carbons (Fsp3) is 0.462. The Morgan fingerprint density at radius 2 is 1.57 bits per heavy atom. The third-order valence-electron chi connectivity index (χ3n) is 2.78. The van der Waals surface area contributed by atoms with E-state index in [-0.39, 0.29) is 11.7 Å². The van der Waals surface area contributed by atoms with Crippen molar-refractivity contribution in [3.05, 3.63) is 34.4 Å². The Balaban J connectivity index is 3.27. The van der Waals surface area contributed by atoms with Crippen LogP contribution >= 0.6 is 0 Å². The van der Waals surface area contributed by atoms with Crippen molar-refractivity contribution in [2.75, 3.05) is 0 Å². The van der Waals surface area contributed by atoms with Gasteiger partial charge in [-0.15, -0.1) is 0 Å². The average Bonchev–Trinajstić information content (AvgIpc) is 2.01. The maximum atomic E-state index is 11.3. The van der Waals surface area contributed by atoms with Crippen LogP contribution in [0.1, 0.15) is 42.0 Å². The summed E-state index contributed by atoms with van der Waals surface area (Å²) in [5.41, 5.74) is 4.91. The first-order chi connectivity index (χ1) is 6.43.